The third kappa shape index (κ3) is 9.08. The van der Waals surface area contributed by atoms with Crippen molar-refractivity contribution in [3.05, 3.63) is 126 Å². The predicted octanol–water partition coefficient (Wildman–Crippen LogP) is 6.36. The number of halogens is 1. The van der Waals surface area contributed by atoms with Gasteiger partial charge in [-0.15, -0.1) is 11.8 Å². The average Bonchev–Trinajstić information content (AvgIpc) is 2.99. The van der Waals surface area contributed by atoms with Crippen LogP contribution in [0.4, 0.5) is 15.8 Å². The molecule has 0 bridgehead atoms. The fourth-order valence-corrected chi connectivity index (χ4v) is 4.35. The summed E-state index contributed by atoms with van der Waals surface area (Å²) < 4.78 is 18.5. The van der Waals surface area contributed by atoms with Gasteiger partial charge in [0, 0.05) is 21.8 Å². The van der Waals surface area contributed by atoms with Gasteiger partial charge >= 0.3 is 0 Å². The second-order valence-corrected chi connectivity index (χ2v) is 9.75. The number of rotatable bonds is 11. The third-order valence-corrected chi connectivity index (χ3v) is 6.65. The Kier molecular flexibility index (Phi) is 10.3. The van der Waals surface area contributed by atoms with E-state index >= 15 is 0 Å². The van der Waals surface area contributed by atoms with Crippen LogP contribution in [-0.2, 0) is 9.59 Å². The minimum absolute atomic E-state index is 0.0685. The number of ether oxygens (including phenoxy) is 1. The van der Waals surface area contributed by atoms with Gasteiger partial charge in [-0.3, -0.25) is 14.4 Å². The number of carbonyl (C=O) groups excluding carboxylic acids is 3. The van der Waals surface area contributed by atoms with Gasteiger partial charge in [-0.2, -0.15) is 0 Å². The van der Waals surface area contributed by atoms with Crippen molar-refractivity contribution in [3.63, 3.8) is 0 Å². The number of carbonyl (C=O) groups is 3. The number of hydrogen-bond acceptors (Lipinski definition) is 5. The number of thioether (sulfide) groups is 1. The highest BCUT2D eigenvalue weighted by Gasteiger charge is 2.15. The maximum absolute atomic E-state index is 13.2. The average molecular weight is 570 g/mol. The van der Waals surface area contributed by atoms with Crippen molar-refractivity contribution in [1.29, 1.82) is 0 Å². The Bertz CT molecular complexity index is 1510. The molecule has 0 aliphatic carbocycles. The Morgan fingerprint density at radius 3 is 2.10 bits per heavy atom. The lowest BCUT2D eigenvalue weighted by molar-refractivity contribution is -0.114. The topological polar surface area (TPSA) is 96.5 Å². The van der Waals surface area contributed by atoms with Gasteiger partial charge < -0.3 is 20.7 Å². The fourth-order valence-electron chi connectivity index (χ4n) is 3.65. The molecule has 3 amide bonds. The van der Waals surface area contributed by atoms with Crippen LogP contribution >= 0.6 is 11.8 Å². The van der Waals surface area contributed by atoms with Crippen molar-refractivity contribution in [2.75, 3.05) is 23.0 Å². The molecule has 0 radical (unpaired) electrons. The molecular formula is C32H28FN3O4S. The molecular weight excluding hydrogens is 541 g/mol. The lowest BCUT2D eigenvalue weighted by Gasteiger charge is -2.12. The first-order valence-electron chi connectivity index (χ1n) is 12.8. The summed E-state index contributed by atoms with van der Waals surface area (Å²) in [5, 5.41) is 8.25. The standard InChI is InChI=1S/C32H28FN3O4S/c1-2-40-27-16-8-22(9-17-27)20-29(36-31(38)23-6-4-3-5-7-23)32(39)35-26-14-18-28(19-15-26)41-21-30(37)34-25-12-10-24(33)11-13-25/h3-20H,2,21H2,1H3,(H,34,37)(H,35,39)(H,36,38)/b29-20-. The highest BCUT2D eigenvalue weighted by Crippen LogP contribution is 2.22. The van der Waals surface area contributed by atoms with Gasteiger partial charge in [-0.05, 0) is 91.4 Å². The molecule has 4 aromatic carbocycles. The van der Waals surface area contributed by atoms with Gasteiger partial charge in [0.15, 0.2) is 0 Å². The second kappa shape index (κ2) is 14.5. The maximum Gasteiger partial charge on any atom is 0.272 e. The Balaban J connectivity index is 1.41. The molecule has 0 heterocycles. The molecule has 7 nitrogen and oxygen atoms in total. The minimum Gasteiger partial charge on any atom is -0.494 e. The van der Waals surface area contributed by atoms with Crippen molar-refractivity contribution in [1.82, 2.24) is 5.32 Å². The van der Waals surface area contributed by atoms with E-state index in [1.807, 2.05) is 6.92 Å². The first kappa shape index (κ1) is 29.1. The number of nitrogens with one attached hydrogen (secondary N) is 3. The molecule has 4 rings (SSSR count). The largest absolute Gasteiger partial charge is 0.494 e. The molecule has 41 heavy (non-hydrogen) atoms. The Morgan fingerprint density at radius 2 is 1.44 bits per heavy atom. The Hall–Kier alpha value is -4.89. The van der Waals surface area contributed by atoms with E-state index in [-0.39, 0.29) is 23.2 Å². The van der Waals surface area contributed by atoms with Crippen LogP contribution in [0.15, 0.2) is 114 Å². The lowest BCUT2D eigenvalue weighted by Crippen LogP contribution is -2.30. The third-order valence-electron chi connectivity index (χ3n) is 5.64. The van der Waals surface area contributed by atoms with E-state index in [0.717, 1.165) is 4.90 Å². The Morgan fingerprint density at radius 1 is 0.805 bits per heavy atom. The van der Waals surface area contributed by atoms with E-state index in [1.165, 1.54) is 36.0 Å². The van der Waals surface area contributed by atoms with Crippen LogP contribution in [-0.4, -0.2) is 30.1 Å². The molecule has 4 aromatic rings. The molecule has 3 N–H and O–H groups in total. The van der Waals surface area contributed by atoms with Crippen molar-refractivity contribution < 1.29 is 23.5 Å². The zero-order chi connectivity index (χ0) is 29.0. The summed E-state index contributed by atoms with van der Waals surface area (Å²) in [7, 11) is 0. The molecule has 0 aromatic heterocycles. The number of amides is 3. The molecule has 0 unspecified atom stereocenters. The van der Waals surface area contributed by atoms with E-state index in [0.29, 0.717) is 34.9 Å². The first-order valence-corrected chi connectivity index (χ1v) is 13.8. The minimum atomic E-state index is -0.498. The van der Waals surface area contributed by atoms with E-state index in [2.05, 4.69) is 16.0 Å². The zero-order valence-electron chi connectivity index (χ0n) is 22.2. The summed E-state index contributed by atoms with van der Waals surface area (Å²) >= 11 is 1.32. The van der Waals surface area contributed by atoms with Crippen molar-refractivity contribution >= 4 is 46.9 Å². The second-order valence-electron chi connectivity index (χ2n) is 8.70. The van der Waals surface area contributed by atoms with Gasteiger partial charge in [0.05, 0.1) is 12.4 Å². The normalized spacial score (nSPS) is 10.9. The van der Waals surface area contributed by atoms with Gasteiger partial charge in [-0.25, -0.2) is 4.39 Å². The van der Waals surface area contributed by atoms with Gasteiger partial charge in [0.2, 0.25) is 5.91 Å². The monoisotopic (exact) mass is 569 g/mol. The zero-order valence-corrected chi connectivity index (χ0v) is 23.0. The van der Waals surface area contributed by atoms with Gasteiger partial charge in [0.25, 0.3) is 11.8 Å². The molecule has 0 aliphatic heterocycles. The van der Waals surface area contributed by atoms with Crippen LogP contribution in [0.25, 0.3) is 6.08 Å². The molecule has 0 fully saturated rings. The summed E-state index contributed by atoms with van der Waals surface area (Å²) in [6.45, 7) is 2.43. The molecule has 0 saturated heterocycles. The highest BCUT2D eigenvalue weighted by molar-refractivity contribution is 8.00. The molecule has 208 valence electrons. The maximum atomic E-state index is 13.2. The van der Waals surface area contributed by atoms with E-state index in [9.17, 15) is 18.8 Å². The van der Waals surface area contributed by atoms with Crippen LogP contribution in [0.1, 0.15) is 22.8 Å². The number of hydrogen-bond donors (Lipinski definition) is 3. The van der Waals surface area contributed by atoms with Crippen LogP contribution in [0.5, 0.6) is 5.75 Å². The summed E-state index contributed by atoms with van der Waals surface area (Å²) in [5.74, 6) is -0.649. The van der Waals surface area contributed by atoms with Gasteiger partial charge in [-0.1, -0.05) is 30.3 Å². The molecule has 9 heteroatoms. The molecule has 0 spiro atoms. The summed E-state index contributed by atoms with van der Waals surface area (Å²) in [6.07, 6.45) is 1.59. The van der Waals surface area contributed by atoms with Crippen LogP contribution in [0, 0.1) is 5.82 Å². The quantitative estimate of drug-likeness (QED) is 0.144. The van der Waals surface area contributed by atoms with Crippen molar-refractivity contribution in [2.24, 2.45) is 0 Å². The number of benzene rings is 4. The fraction of sp³-hybridized carbons (Fsp3) is 0.0938. The summed E-state index contributed by atoms with van der Waals surface area (Å²) in [6, 6.07) is 28.3. The predicted molar refractivity (Wildman–Crippen MR) is 160 cm³/mol. The molecule has 0 aliphatic rings. The lowest BCUT2D eigenvalue weighted by atomic mass is 10.1. The number of anilines is 2. The van der Waals surface area contributed by atoms with Crippen molar-refractivity contribution in [3.8, 4) is 5.75 Å². The first-order chi connectivity index (χ1) is 19.9. The van der Waals surface area contributed by atoms with Crippen LogP contribution in [0.3, 0.4) is 0 Å². The summed E-state index contributed by atoms with van der Waals surface area (Å²) in [5.41, 5.74) is 2.23. The van der Waals surface area contributed by atoms with Gasteiger partial charge in [0.1, 0.15) is 17.3 Å². The summed E-state index contributed by atoms with van der Waals surface area (Å²) in [4.78, 5) is 39.1. The van der Waals surface area contributed by atoms with Crippen molar-refractivity contribution in [2.45, 2.75) is 11.8 Å². The smallest absolute Gasteiger partial charge is 0.272 e. The van der Waals surface area contributed by atoms with E-state index in [4.69, 9.17) is 4.74 Å². The van der Waals surface area contributed by atoms with Crippen LogP contribution in [0.2, 0.25) is 0 Å². The molecule has 0 atom stereocenters. The van der Waals surface area contributed by atoms with Crippen LogP contribution < -0.4 is 20.7 Å². The van der Waals surface area contributed by atoms with E-state index in [1.54, 1.807) is 84.9 Å². The SMILES string of the molecule is CCOc1ccc(/C=C(\NC(=O)c2ccccc2)C(=O)Nc2ccc(SCC(=O)Nc3ccc(F)cc3)cc2)cc1. The molecule has 0 saturated carbocycles. The van der Waals surface area contributed by atoms with E-state index < -0.39 is 11.8 Å². The highest BCUT2D eigenvalue weighted by atomic mass is 32.2. The Labute approximate surface area is 241 Å².